The van der Waals surface area contributed by atoms with Crippen LogP contribution in [0.15, 0.2) is 11.6 Å². The van der Waals surface area contributed by atoms with Crippen molar-refractivity contribution in [2.24, 2.45) is 0 Å². The normalized spacial score (nSPS) is 10.8. The van der Waals surface area contributed by atoms with Gasteiger partial charge in [-0.15, -0.1) is 0 Å². The number of nitrogens with one attached hydrogen (secondary N) is 1. The van der Waals surface area contributed by atoms with Gasteiger partial charge in [0, 0.05) is 18.5 Å². The summed E-state index contributed by atoms with van der Waals surface area (Å²) in [5.41, 5.74) is 0. The standard InChI is InChI=1S/C8H10N4O3S/c13-4-1-2-9-6-7(12(14)15)11-3-5-16-8(11)10-6/h3,5,9,13H,1-2,4H2. The van der Waals surface area contributed by atoms with Gasteiger partial charge >= 0.3 is 5.82 Å². The van der Waals surface area contributed by atoms with E-state index in [1.165, 1.54) is 15.7 Å². The lowest BCUT2D eigenvalue weighted by molar-refractivity contribution is -0.389. The number of nitro groups is 1. The fourth-order valence-corrected chi connectivity index (χ4v) is 2.06. The number of hydrogen-bond donors (Lipinski definition) is 2. The van der Waals surface area contributed by atoms with Crippen LogP contribution in [0.3, 0.4) is 0 Å². The van der Waals surface area contributed by atoms with Crippen LogP contribution in [0.1, 0.15) is 6.42 Å². The summed E-state index contributed by atoms with van der Waals surface area (Å²) in [6.45, 7) is 0.505. The van der Waals surface area contributed by atoms with Crippen LogP contribution in [-0.4, -0.2) is 32.6 Å². The minimum Gasteiger partial charge on any atom is -0.396 e. The Balaban J connectivity index is 2.32. The minimum atomic E-state index is -0.464. The van der Waals surface area contributed by atoms with E-state index in [4.69, 9.17) is 5.11 Å². The smallest absolute Gasteiger partial charge is 0.372 e. The van der Waals surface area contributed by atoms with E-state index in [0.29, 0.717) is 17.9 Å². The maximum atomic E-state index is 10.9. The molecule has 0 saturated carbocycles. The van der Waals surface area contributed by atoms with E-state index >= 15 is 0 Å². The van der Waals surface area contributed by atoms with Gasteiger partial charge in [-0.2, -0.15) is 9.38 Å². The zero-order valence-electron chi connectivity index (χ0n) is 8.29. The van der Waals surface area contributed by atoms with Crippen molar-refractivity contribution in [1.82, 2.24) is 9.38 Å². The molecule has 0 spiro atoms. The first-order valence-electron chi connectivity index (χ1n) is 4.68. The van der Waals surface area contributed by atoms with Gasteiger partial charge in [0.15, 0.2) is 0 Å². The number of anilines is 1. The second-order valence-electron chi connectivity index (χ2n) is 3.10. The van der Waals surface area contributed by atoms with E-state index in [1.807, 2.05) is 0 Å². The van der Waals surface area contributed by atoms with Crippen LogP contribution in [0.5, 0.6) is 0 Å². The van der Waals surface area contributed by atoms with Crippen molar-refractivity contribution in [2.75, 3.05) is 18.5 Å². The summed E-state index contributed by atoms with van der Waals surface area (Å²) < 4.78 is 1.44. The summed E-state index contributed by atoms with van der Waals surface area (Å²) in [5.74, 6) is 0.194. The molecule has 8 heteroatoms. The number of hydrogen-bond acceptors (Lipinski definition) is 6. The number of imidazole rings is 1. The van der Waals surface area contributed by atoms with Gasteiger partial charge in [0.2, 0.25) is 5.82 Å². The van der Waals surface area contributed by atoms with Gasteiger partial charge in [0.1, 0.15) is 6.20 Å². The molecule has 86 valence electrons. The summed E-state index contributed by atoms with van der Waals surface area (Å²) >= 11 is 1.34. The molecule has 0 saturated heterocycles. The Morgan fingerprint density at radius 1 is 1.69 bits per heavy atom. The Labute approximate surface area is 94.5 Å². The van der Waals surface area contributed by atoms with Gasteiger partial charge in [-0.3, -0.25) is 0 Å². The van der Waals surface area contributed by atoms with E-state index in [1.54, 1.807) is 11.6 Å². The number of aliphatic hydroxyl groups excluding tert-OH is 1. The number of rotatable bonds is 5. The largest absolute Gasteiger partial charge is 0.396 e. The van der Waals surface area contributed by atoms with Crippen LogP contribution in [0.25, 0.3) is 4.96 Å². The van der Waals surface area contributed by atoms with Crippen molar-refractivity contribution in [3.63, 3.8) is 0 Å². The third kappa shape index (κ3) is 1.84. The van der Waals surface area contributed by atoms with Crippen LogP contribution >= 0.6 is 11.3 Å². The van der Waals surface area contributed by atoms with E-state index in [2.05, 4.69) is 10.3 Å². The fourth-order valence-electron chi connectivity index (χ4n) is 1.35. The van der Waals surface area contributed by atoms with E-state index in [0.717, 1.165) is 0 Å². The number of fused-ring (bicyclic) bond motifs is 1. The molecule has 0 radical (unpaired) electrons. The number of nitrogens with zero attached hydrogens (tertiary/aromatic N) is 3. The molecule has 0 unspecified atom stereocenters. The van der Waals surface area contributed by atoms with E-state index in [9.17, 15) is 10.1 Å². The van der Waals surface area contributed by atoms with Gasteiger partial charge in [-0.25, -0.2) is 0 Å². The highest BCUT2D eigenvalue weighted by Gasteiger charge is 2.22. The van der Waals surface area contributed by atoms with Crippen LogP contribution in [0, 0.1) is 10.1 Å². The highest BCUT2D eigenvalue weighted by molar-refractivity contribution is 7.15. The molecule has 2 rings (SSSR count). The fraction of sp³-hybridized carbons (Fsp3) is 0.375. The highest BCUT2D eigenvalue weighted by Crippen LogP contribution is 2.27. The lowest BCUT2D eigenvalue weighted by Crippen LogP contribution is -2.06. The highest BCUT2D eigenvalue weighted by atomic mass is 32.1. The molecule has 2 N–H and O–H groups in total. The van der Waals surface area contributed by atoms with Crippen molar-refractivity contribution in [2.45, 2.75) is 6.42 Å². The van der Waals surface area contributed by atoms with Crippen LogP contribution in [0.2, 0.25) is 0 Å². The maximum Gasteiger partial charge on any atom is 0.372 e. The topological polar surface area (TPSA) is 92.7 Å². The maximum absolute atomic E-state index is 10.9. The summed E-state index contributed by atoms with van der Waals surface area (Å²) in [4.78, 5) is 15.1. The van der Waals surface area contributed by atoms with Crippen LogP contribution < -0.4 is 5.32 Å². The molecule has 2 heterocycles. The van der Waals surface area contributed by atoms with Crippen LogP contribution in [0.4, 0.5) is 11.6 Å². The molecule has 0 atom stereocenters. The summed E-state index contributed by atoms with van der Waals surface area (Å²) in [6, 6.07) is 0. The Kier molecular flexibility index (Phi) is 3.02. The van der Waals surface area contributed by atoms with Gasteiger partial charge in [0.05, 0.1) is 0 Å². The zero-order chi connectivity index (χ0) is 11.5. The summed E-state index contributed by atoms with van der Waals surface area (Å²) in [7, 11) is 0. The quantitative estimate of drug-likeness (QED) is 0.465. The number of thiazole rings is 1. The van der Waals surface area contributed by atoms with Gasteiger partial charge in [0.25, 0.3) is 4.96 Å². The first-order chi connectivity index (χ1) is 7.74. The molecular weight excluding hydrogens is 232 g/mol. The molecule has 2 aromatic heterocycles. The molecule has 0 bridgehead atoms. The predicted octanol–water partition coefficient (Wildman–Crippen LogP) is 1.10. The van der Waals surface area contributed by atoms with Crippen molar-refractivity contribution in [3.8, 4) is 0 Å². The second-order valence-corrected chi connectivity index (χ2v) is 3.97. The SMILES string of the molecule is O=[N+]([O-])c1c(NCCCO)nc2sccn12. The van der Waals surface area contributed by atoms with Crippen molar-refractivity contribution in [1.29, 1.82) is 0 Å². The lowest BCUT2D eigenvalue weighted by Gasteiger charge is -2.00. The molecule has 16 heavy (non-hydrogen) atoms. The number of aliphatic hydroxyl groups is 1. The first kappa shape index (κ1) is 10.8. The van der Waals surface area contributed by atoms with Gasteiger partial charge in [-0.05, 0) is 11.3 Å². The van der Waals surface area contributed by atoms with Crippen molar-refractivity contribution < 1.29 is 10.0 Å². The lowest BCUT2D eigenvalue weighted by atomic mass is 10.4. The molecule has 0 aliphatic rings. The molecule has 0 aliphatic carbocycles. The molecule has 0 fully saturated rings. The molecule has 7 nitrogen and oxygen atoms in total. The third-order valence-corrected chi connectivity index (χ3v) is 2.79. The third-order valence-electron chi connectivity index (χ3n) is 2.04. The van der Waals surface area contributed by atoms with Crippen LogP contribution in [-0.2, 0) is 0 Å². The Morgan fingerprint density at radius 3 is 3.19 bits per heavy atom. The van der Waals surface area contributed by atoms with E-state index < -0.39 is 4.92 Å². The van der Waals surface area contributed by atoms with Crippen molar-refractivity contribution in [3.05, 3.63) is 21.7 Å². The average Bonchev–Trinajstić information content (AvgIpc) is 2.76. The first-order valence-corrected chi connectivity index (χ1v) is 5.56. The zero-order valence-corrected chi connectivity index (χ0v) is 9.11. The summed E-state index contributed by atoms with van der Waals surface area (Å²) in [6.07, 6.45) is 2.14. The summed E-state index contributed by atoms with van der Waals surface area (Å²) in [5, 5.41) is 24.1. The van der Waals surface area contributed by atoms with Crippen molar-refractivity contribution >= 4 is 27.9 Å². The Morgan fingerprint density at radius 2 is 2.50 bits per heavy atom. The number of aromatic nitrogens is 2. The predicted molar refractivity (Wildman–Crippen MR) is 59.9 cm³/mol. The van der Waals surface area contributed by atoms with Gasteiger partial charge in [-0.1, -0.05) is 11.3 Å². The van der Waals surface area contributed by atoms with Gasteiger partial charge < -0.3 is 20.5 Å². The van der Waals surface area contributed by atoms with E-state index in [-0.39, 0.29) is 18.2 Å². The Bertz CT molecular complexity index is 506. The molecule has 0 aromatic carbocycles. The minimum absolute atomic E-state index is 0.0447. The molecule has 2 aromatic rings. The Hall–Kier alpha value is -1.67. The molecular formula is C8H10N4O3S. The average molecular weight is 242 g/mol. The second kappa shape index (κ2) is 4.45. The molecule has 0 aliphatic heterocycles. The molecule has 0 amide bonds. The monoisotopic (exact) mass is 242 g/mol.